The van der Waals surface area contributed by atoms with Crippen LogP contribution < -0.4 is 65.1 Å². The number of aliphatic carboxylic acids is 2. The average Bonchev–Trinajstić information content (AvgIpc) is 3.99. The molecule has 1 aliphatic heterocycles. The highest BCUT2D eigenvalue weighted by molar-refractivity contribution is 7.98. The first-order valence-corrected chi connectivity index (χ1v) is 29.0. The van der Waals surface area contributed by atoms with Crippen molar-refractivity contribution in [2.24, 2.45) is 23.1 Å². The van der Waals surface area contributed by atoms with Gasteiger partial charge in [0.1, 0.15) is 60.4 Å². The molecule has 0 aliphatic carbocycles. The largest absolute Gasteiger partial charge is 0.481 e. The quantitative estimate of drug-likeness (QED) is 0.0287. The first-order chi connectivity index (χ1) is 38.8. The van der Waals surface area contributed by atoms with Crippen LogP contribution in [-0.4, -0.2) is 196 Å². The van der Waals surface area contributed by atoms with Gasteiger partial charge in [-0.2, -0.15) is 11.8 Å². The first-order valence-electron chi connectivity index (χ1n) is 27.6. The molecule has 0 radical (unpaired) electrons. The minimum absolute atomic E-state index is 0.0110. The van der Waals surface area contributed by atoms with E-state index < -0.39 is 156 Å². The lowest BCUT2D eigenvalue weighted by molar-refractivity contribution is -0.149. The number of carboxylic acids is 2. The van der Waals surface area contributed by atoms with E-state index >= 15 is 0 Å². The molecule has 0 spiro atoms. The van der Waals surface area contributed by atoms with E-state index in [1.54, 1.807) is 50.4 Å². The number of carboxylic acid groups (broad SMARTS) is 2. The zero-order valence-electron chi connectivity index (χ0n) is 47.7. The fourth-order valence-electron chi connectivity index (χ4n) is 8.56. The number of likely N-dealkylation sites (tertiary alicyclic amines) is 1. The summed E-state index contributed by atoms with van der Waals surface area (Å²) >= 11 is 1.41. The fraction of sp³-hybridized carbons (Fsp3) is 0.660. The lowest BCUT2D eigenvalue weighted by atomic mass is 9.96. The molecule has 0 bridgehead atoms. The molecular weight excluding hydrogens is 1090 g/mol. The summed E-state index contributed by atoms with van der Waals surface area (Å²) in [6, 6.07) is -6.36. The van der Waals surface area contributed by atoms with Crippen LogP contribution in [-0.2, 0) is 64.0 Å². The summed E-state index contributed by atoms with van der Waals surface area (Å²) in [4.78, 5) is 162. The number of rotatable bonds is 38. The Morgan fingerprint density at radius 2 is 1.07 bits per heavy atom. The van der Waals surface area contributed by atoms with Gasteiger partial charge in [-0.1, -0.05) is 50.6 Å². The Balaban J connectivity index is 2.35. The molecule has 29 heteroatoms. The Bertz CT molecular complexity index is 2320. The zero-order chi connectivity index (χ0) is 61.6. The Kier molecular flexibility index (Phi) is 32.3. The van der Waals surface area contributed by atoms with Crippen LogP contribution in [0.1, 0.15) is 111 Å². The molecule has 12 atom stereocenters. The number of carbonyl (C=O) groups excluding carboxylic acids is 10. The van der Waals surface area contributed by atoms with Crippen LogP contribution in [0.5, 0.6) is 0 Å². The van der Waals surface area contributed by atoms with Crippen LogP contribution in [0, 0.1) is 5.92 Å². The minimum Gasteiger partial charge on any atom is -0.481 e. The molecule has 1 fully saturated rings. The summed E-state index contributed by atoms with van der Waals surface area (Å²) in [5, 5.41) is 52.2. The second kappa shape index (κ2) is 37.2. The summed E-state index contributed by atoms with van der Waals surface area (Å²) in [5.41, 5.74) is 17.6. The van der Waals surface area contributed by atoms with Gasteiger partial charge in [0, 0.05) is 13.0 Å². The normalized spacial score (nSPS) is 17.0. The van der Waals surface area contributed by atoms with Crippen molar-refractivity contribution in [2.75, 3.05) is 38.2 Å². The maximum absolute atomic E-state index is 14.2. The lowest BCUT2D eigenvalue weighted by Crippen LogP contribution is -2.61. The molecule has 10 amide bonds. The molecule has 82 heavy (non-hydrogen) atoms. The molecule has 1 aromatic rings. The Hall–Kier alpha value is -6.95. The van der Waals surface area contributed by atoms with Gasteiger partial charge in [-0.3, -0.25) is 52.7 Å². The van der Waals surface area contributed by atoms with Crippen molar-refractivity contribution in [2.45, 2.75) is 178 Å². The molecule has 1 saturated heterocycles. The standard InChI is InChI=1S/C53H87N13O15S/c1-7-29(2)42(65-49(76)37(26-33-16-9-8-10-17-33)62-50(77)39(28-67)64-45(72)31(4)57-43(70)30(3)56)51(78)63-38(27-41(68)69)48(75)58-32(5)44(71)59-34(18-11-13-22-54)46(73)60-35(19-12-14-23-55)47(74)61-36(21-25-82-6)52(79)66-24-15-20-40(66)53(80)81/h8-10,16-17,29-32,34-40,42,67H,7,11-15,18-28,54-56H2,1-6H3,(H,57,70)(H,58,75)(H,59,71)(H,60,73)(H,61,74)(H,62,77)(H,63,78)(H,64,72)(H,65,76)(H,68,69)(H,80,81)/t29-,30-,31-,32-,34-,35-,36-,37-,38-,39-,40-,42-/m0/s1. The van der Waals surface area contributed by atoms with Crippen molar-refractivity contribution >= 4 is 82.8 Å². The van der Waals surface area contributed by atoms with E-state index in [0.29, 0.717) is 43.4 Å². The fourth-order valence-corrected chi connectivity index (χ4v) is 9.03. The Labute approximate surface area is 482 Å². The maximum Gasteiger partial charge on any atom is 0.326 e. The second-order valence-corrected chi connectivity index (χ2v) is 21.3. The highest BCUT2D eigenvalue weighted by atomic mass is 32.2. The molecule has 0 saturated carbocycles. The van der Waals surface area contributed by atoms with Crippen LogP contribution >= 0.6 is 11.8 Å². The first kappa shape index (κ1) is 71.2. The van der Waals surface area contributed by atoms with Crippen molar-refractivity contribution in [3.63, 3.8) is 0 Å². The van der Waals surface area contributed by atoms with E-state index in [-0.39, 0.29) is 58.2 Å². The number of aliphatic hydroxyl groups excluding tert-OH is 1. The van der Waals surface area contributed by atoms with E-state index in [0.717, 1.165) is 0 Å². The molecule has 28 nitrogen and oxygen atoms in total. The van der Waals surface area contributed by atoms with E-state index in [4.69, 9.17) is 17.2 Å². The highest BCUT2D eigenvalue weighted by Crippen LogP contribution is 2.20. The van der Waals surface area contributed by atoms with Gasteiger partial charge in [0.05, 0.1) is 19.1 Å². The average molecular weight is 1180 g/mol. The van der Waals surface area contributed by atoms with Crippen LogP contribution in [0.2, 0.25) is 0 Å². The summed E-state index contributed by atoms with van der Waals surface area (Å²) in [7, 11) is 0. The van der Waals surface area contributed by atoms with E-state index in [1.807, 2.05) is 0 Å². The number of nitrogens with zero attached hydrogens (tertiary/aromatic N) is 1. The van der Waals surface area contributed by atoms with Gasteiger partial charge in [-0.05, 0) is 115 Å². The topological polar surface area (TPSA) is 455 Å². The van der Waals surface area contributed by atoms with Gasteiger partial charge in [0.15, 0.2) is 0 Å². The summed E-state index contributed by atoms with van der Waals surface area (Å²) in [5.74, 6) is -11.6. The van der Waals surface area contributed by atoms with Crippen LogP contribution in [0.15, 0.2) is 30.3 Å². The molecule has 0 aromatic heterocycles. The van der Waals surface area contributed by atoms with Gasteiger partial charge in [0.25, 0.3) is 0 Å². The number of aliphatic hydroxyl groups is 1. The second-order valence-electron chi connectivity index (χ2n) is 20.3. The summed E-state index contributed by atoms with van der Waals surface area (Å²) in [6.07, 6.45) is 3.46. The number of hydrogen-bond acceptors (Lipinski definition) is 17. The molecular formula is C53H87N13O15S. The minimum atomic E-state index is -1.85. The molecule has 1 aliphatic rings. The van der Waals surface area contributed by atoms with Gasteiger partial charge in [-0.15, -0.1) is 0 Å². The van der Waals surface area contributed by atoms with Crippen molar-refractivity contribution in [1.82, 2.24) is 52.8 Å². The third-order valence-corrected chi connectivity index (χ3v) is 14.3. The summed E-state index contributed by atoms with van der Waals surface area (Å²) < 4.78 is 0. The number of amides is 10. The van der Waals surface area contributed by atoms with Crippen LogP contribution in [0.4, 0.5) is 0 Å². The number of thioether (sulfide) groups is 1. The summed E-state index contributed by atoms with van der Waals surface area (Å²) in [6.45, 7) is 7.00. The monoisotopic (exact) mass is 1180 g/mol. The van der Waals surface area contributed by atoms with E-state index in [2.05, 4.69) is 47.9 Å². The van der Waals surface area contributed by atoms with Crippen molar-refractivity contribution in [3.8, 4) is 0 Å². The Morgan fingerprint density at radius 1 is 0.598 bits per heavy atom. The lowest BCUT2D eigenvalue weighted by Gasteiger charge is -2.29. The molecule has 1 heterocycles. The van der Waals surface area contributed by atoms with Crippen molar-refractivity contribution < 1.29 is 72.9 Å². The highest BCUT2D eigenvalue weighted by Gasteiger charge is 2.40. The van der Waals surface area contributed by atoms with Crippen molar-refractivity contribution in [1.29, 1.82) is 0 Å². The van der Waals surface area contributed by atoms with Crippen LogP contribution in [0.3, 0.4) is 0 Å². The van der Waals surface area contributed by atoms with E-state index in [9.17, 15) is 72.9 Å². The Morgan fingerprint density at radius 3 is 1.57 bits per heavy atom. The van der Waals surface area contributed by atoms with Gasteiger partial charge >= 0.3 is 11.9 Å². The third kappa shape index (κ3) is 24.3. The molecule has 2 rings (SSSR count). The molecule has 18 N–H and O–H groups in total. The van der Waals surface area contributed by atoms with Gasteiger partial charge in [0.2, 0.25) is 59.1 Å². The van der Waals surface area contributed by atoms with E-state index in [1.165, 1.54) is 37.4 Å². The predicted molar refractivity (Wildman–Crippen MR) is 302 cm³/mol. The number of benzene rings is 1. The number of carbonyl (C=O) groups is 12. The smallest absolute Gasteiger partial charge is 0.326 e. The van der Waals surface area contributed by atoms with Crippen molar-refractivity contribution in [3.05, 3.63) is 35.9 Å². The zero-order valence-corrected chi connectivity index (χ0v) is 48.5. The van der Waals surface area contributed by atoms with Crippen LogP contribution in [0.25, 0.3) is 0 Å². The number of hydrogen-bond donors (Lipinski definition) is 15. The molecule has 1 aromatic carbocycles. The number of nitrogens with one attached hydrogen (secondary N) is 9. The molecule has 460 valence electrons. The van der Waals surface area contributed by atoms with Gasteiger partial charge < -0.3 is 85.3 Å². The number of nitrogens with two attached hydrogens (primary N) is 3. The molecule has 0 unspecified atom stereocenters. The van der Waals surface area contributed by atoms with Gasteiger partial charge in [-0.25, -0.2) is 4.79 Å². The maximum atomic E-state index is 14.2. The number of unbranched alkanes of at least 4 members (excludes halogenated alkanes) is 2. The predicted octanol–water partition coefficient (Wildman–Crippen LogP) is -3.42. The third-order valence-electron chi connectivity index (χ3n) is 13.7. The SMILES string of the molecule is CC[C@H](C)[C@H](NC(=O)[C@H](Cc1ccccc1)NC(=O)[C@H](CO)NC(=O)[C@H](C)NC(=O)[C@H](C)N)C(=O)N[C@@H](CC(=O)O)C(=O)N[C@@H](C)C(=O)N[C@@H](CCCCN)C(=O)N[C@@H](CCCCN)C(=O)N[C@@H](CCSC)C(=O)N1CCC[C@H]1C(=O)O.